The molecule has 1 fully saturated rings. The fourth-order valence-corrected chi connectivity index (χ4v) is 4.60. The number of aryl methyl sites for hydroxylation is 1. The largest absolute Gasteiger partial charge is 0.293 e. The lowest BCUT2D eigenvalue weighted by Crippen LogP contribution is -2.35. The first-order valence-electron chi connectivity index (χ1n) is 9.04. The summed E-state index contributed by atoms with van der Waals surface area (Å²) in [6, 6.07) is 4.21. The molecule has 3 aliphatic carbocycles. The molecule has 1 aromatic rings. The summed E-state index contributed by atoms with van der Waals surface area (Å²) in [6.07, 6.45) is 10.8. The topological polar surface area (TPSA) is 30.0 Å². The third-order valence-corrected chi connectivity index (χ3v) is 6.49. The van der Waals surface area contributed by atoms with Crippen LogP contribution in [0.1, 0.15) is 80.5 Å². The van der Waals surface area contributed by atoms with Gasteiger partial charge in [0.25, 0.3) is 0 Å². The first-order valence-corrected chi connectivity index (χ1v) is 9.04. The first kappa shape index (κ1) is 14.9. The molecule has 0 aliphatic heterocycles. The molecule has 3 aliphatic rings. The van der Waals surface area contributed by atoms with Gasteiger partial charge in [-0.1, -0.05) is 13.8 Å². The van der Waals surface area contributed by atoms with Gasteiger partial charge in [0, 0.05) is 22.1 Å². The van der Waals surface area contributed by atoms with Crippen LogP contribution in [0, 0.1) is 5.41 Å². The number of aromatic nitrogens is 1. The molecule has 0 N–H and O–H groups in total. The second kappa shape index (κ2) is 5.18. The van der Waals surface area contributed by atoms with E-state index in [1.54, 1.807) is 0 Å². The maximum atomic E-state index is 12.8. The number of ketones is 1. The van der Waals surface area contributed by atoms with Crippen molar-refractivity contribution in [3.63, 3.8) is 0 Å². The first-order chi connectivity index (χ1) is 11.1. The van der Waals surface area contributed by atoms with Crippen molar-refractivity contribution in [2.24, 2.45) is 5.41 Å². The van der Waals surface area contributed by atoms with Crippen LogP contribution in [0.2, 0.25) is 0 Å². The number of fused-ring (bicyclic) bond motifs is 3. The number of carbonyl (C=O) groups excluding carboxylic acids is 1. The highest BCUT2D eigenvalue weighted by atomic mass is 16.1. The zero-order valence-corrected chi connectivity index (χ0v) is 14.2. The lowest BCUT2D eigenvalue weighted by atomic mass is 9.65. The quantitative estimate of drug-likeness (QED) is 0.726. The normalized spacial score (nSPS) is 32.4. The zero-order valence-electron chi connectivity index (χ0n) is 14.2. The maximum absolute atomic E-state index is 12.8. The summed E-state index contributed by atoms with van der Waals surface area (Å²) in [7, 11) is 0. The summed E-state index contributed by atoms with van der Waals surface area (Å²) in [5.41, 5.74) is 8.00. The van der Waals surface area contributed by atoms with Gasteiger partial charge in [0.2, 0.25) is 0 Å². The molecule has 4 rings (SSSR count). The van der Waals surface area contributed by atoms with Crippen LogP contribution < -0.4 is 0 Å². The van der Waals surface area contributed by atoms with Crippen LogP contribution in [0.15, 0.2) is 29.5 Å². The smallest absolute Gasteiger partial charge is 0.170 e. The van der Waals surface area contributed by atoms with Gasteiger partial charge >= 0.3 is 0 Å². The molecule has 2 atom stereocenters. The van der Waals surface area contributed by atoms with Crippen LogP contribution in [0.25, 0.3) is 0 Å². The molecule has 120 valence electrons. The molecule has 23 heavy (non-hydrogen) atoms. The minimum atomic E-state index is -0.192. The molecular weight excluding hydrogens is 282 g/mol. The number of nitrogens with zero attached hydrogens (tertiary/aromatic N) is 1. The van der Waals surface area contributed by atoms with Crippen molar-refractivity contribution in [3.05, 3.63) is 46.5 Å². The number of hydrogen-bond acceptors (Lipinski definition) is 2. The highest BCUT2D eigenvalue weighted by Crippen LogP contribution is 2.46. The Bertz CT molecular complexity index is 740. The molecule has 1 saturated carbocycles. The fraction of sp³-hybridized carbons (Fsp3) is 0.571. The average Bonchev–Trinajstić information content (AvgIpc) is 2.58. The van der Waals surface area contributed by atoms with Gasteiger partial charge in [-0.3, -0.25) is 9.78 Å². The van der Waals surface area contributed by atoms with Gasteiger partial charge in [-0.25, -0.2) is 0 Å². The van der Waals surface area contributed by atoms with E-state index in [2.05, 4.69) is 37.8 Å². The molecular formula is C21H25NO. The van der Waals surface area contributed by atoms with Crippen LogP contribution in [-0.2, 0) is 11.8 Å². The van der Waals surface area contributed by atoms with Gasteiger partial charge in [-0.2, -0.15) is 0 Å². The van der Waals surface area contributed by atoms with Crippen molar-refractivity contribution in [1.29, 1.82) is 0 Å². The molecule has 0 radical (unpaired) electrons. The summed E-state index contributed by atoms with van der Waals surface area (Å²) in [5.74, 6) is 0.297. The van der Waals surface area contributed by atoms with Gasteiger partial charge < -0.3 is 0 Å². The van der Waals surface area contributed by atoms with Crippen molar-refractivity contribution in [2.75, 3.05) is 0 Å². The van der Waals surface area contributed by atoms with Crippen LogP contribution in [0.4, 0.5) is 0 Å². The Labute approximate surface area is 138 Å². The van der Waals surface area contributed by atoms with E-state index in [0.717, 1.165) is 43.4 Å². The average molecular weight is 307 g/mol. The second-order valence-corrected chi connectivity index (χ2v) is 7.90. The predicted octanol–water partition coefficient (Wildman–Crippen LogP) is 4.92. The van der Waals surface area contributed by atoms with Gasteiger partial charge in [0.05, 0.1) is 5.69 Å². The molecule has 0 amide bonds. The Morgan fingerprint density at radius 3 is 2.96 bits per heavy atom. The summed E-state index contributed by atoms with van der Waals surface area (Å²) in [4.78, 5) is 17.8. The van der Waals surface area contributed by atoms with Crippen molar-refractivity contribution < 1.29 is 4.79 Å². The molecule has 2 heteroatoms. The van der Waals surface area contributed by atoms with E-state index in [1.807, 2.05) is 0 Å². The van der Waals surface area contributed by atoms with Crippen LogP contribution in [-0.4, -0.2) is 10.8 Å². The predicted molar refractivity (Wildman–Crippen MR) is 91.6 cm³/mol. The number of allylic oxidation sites excluding steroid dienone is 1. The molecule has 0 spiro atoms. The standard InChI is InChI=1S/C21H25NO/c1-3-20(2)13-10-17-16(19(20)23)8-9-18(22-17)21-11-4-6-15(14-21)7-5-12-21/h4,8-9H,3,5,7,10-14H2,1-2H3. The molecule has 0 saturated heterocycles. The Hall–Kier alpha value is -1.66. The van der Waals surface area contributed by atoms with E-state index >= 15 is 0 Å². The van der Waals surface area contributed by atoms with Crippen molar-refractivity contribution in [1.82, 2.24) is 4.98 Å². The van der Waals surface area contributed by atoms with Crippen LogP contribution in [0.3, 0.4) is 0 Å². The summed E-state index contributed by atoms with van der Waals surface area (Å²) in [6.45, 7) is 4.23. The molecule has 1 heterocycles. The molecule has 1 aromatic heterocycles. The van der Waals surface area contributed by atoms with E-state index in [1.165, 1.54) is 30.5 Å². The highest BCUT2D eigenvalue weighted by Gasteiger charge is 2.41. The number of carbonyl (C=O) groups is 1. The van der Waals surface area contributed by atoms with E-state index in [0.29, 0.717) is 5.78 Å². The lowest BCUT2D eigenvalue weighted by Gasteiger charge is -2.39. The minimum Gasteiger partial charge on any atom is -0.293 e. The number of pyridine rings is 1. The van der Waals surface area contributed by atoms with Gasteiger partial charge in [-0.15, -0.1) is 5.73 Å². The van der Waals surface area contributed by atoms with Gasteiger partial charge in [0.15, 0.2) is 5.78 Å². The Morgan fingerprint density at radius 2 is 2.13 bits per heavy atom. The SMILES string of the molecule is CCC1(C)CCc2nc(C34CC=C=C(CCC3)C4)ccc2C1=O. The number of hydrogen-bond donors (Lipinski definition) is 0. The number of Topliss-reactive ketones (excluding diaryl/α,β-unsaturated/α-hetero) is 1. The zero-order chi connectivity index (χ0) is 16.1. The van der Waals surface area contributed by atoms with E-state index in [-0.39, 0.29) is 10.8 Å². The molecule has 2 nitrogen and oxygen atoms in total. The summed E-state index contributed by atoms with van der Waals surface area (Å²) >= 11 is 0. The van der Waals surface area contributed by atoms with Crippen molar-refractivity contribution in [2.45, 2.75) is 70.6 Å². The highest BCUT2D eigenvalue weighted by molar-refractivity contribution is 6.02. The Kier molecular flexibility index (Phi) is 3.35. The Morgan fingerprint density at radius 1 is 1.26 bits per heavy atom. The summed E-state index contributed by atoms with van der Waals surface area (Å²) < 4.78 is 0. The van der Waals surface area contributed by atoms with Gasteiger partial charge in [0.1, 0.15) is 0 Å². The van der Waals surface area contributed by atoms with Crippen LogP contribution >= 0.6 is 0 Å². The van der Waals surface area contributed by atoms with E-state index in [4.69, 9.17) is 4.98 Å². The van der Waals surface area contributed by atoms with Crippen molar-refractivity contribution >= 4 is 5.78 Å². The summed E-state index contributed by atoms with van der Waals surface area (Å²) in [5, 5.41) is 0. The van der Waals surface area contributed by atoms with E-state index < -0.39 is 0 Å². The Balaban J connectivity index is 1.72. The second-order valence-electron chi connectivity index (χ2n) is 7.90. The monoisotopic (exact) mass is 307 g/mol. The lowest BCUT2D eigenvalue weighted by molar-refractivity contribution is 0.0776. The fourth-order valence-electron chi connectivity index (χ4n) is 4.60. The molecule has 0 aromatic carbocycles. The van der Waals surface area contributed by atoms with Crippen molar-refractivity contribution in [3.8, 4) is 0 Å². The van der Waals surface area contributed by atoms with E-state index in [9.17, 15) is 4.79 Å². The maximum Gasteiger partial charge on any atom is 0.170 e. The number of rotatable bonds is 2. The molecule has 2 unspecified atom stereocenters. The van der Waals surface area contributed by atoms with Gasteiger partial charge in [-0.05, 0) is 75.1 Å². The van der Waals surface area contributed by atoms with Crippen LogP contribution in [0.5, 0.6) is 0 Å². The molecule has 2 bridgehead atoms. The minimum absolute atomic E-state index is 0.169. The third-order valence-electron chi connectivity index (χ3n) is 6.49. The third kappa shape index (κ3) is 2.23.